The molecule has 0 fully saturated rings. The first-order valence-electron chi connectivity index (χ1n) is 9.27. The summed E-state index contributed by atoms with van der Waals surface area (Å²) in [7, 11) is 0. The van der Waals surface area contributed by atoms with E-state index in [0.29, 0.717) is 17.7 Å². The van der Waals surface area contributed by atoms with Crippen molar-refractivity contribution in [3.8, 4) is 0 Å². The number of rotatable bonds is 3. The minimum atomic E-state index is -4.44. The summed E-state index contributed by atoms with van der Waals surface area (Å²) in [5.74, 6) is -0.325. The largest absolute Gasteiger partial charge is 0.416 e. The zero-order chi connectivity index (χ0) is 20.5. The molecule has 1 aromatic carbocycles. The van der Waals surface area contributed by atoms with Crippen molar-refractivity contribution in [2.24, 2.45) is 5.10 Å². The van der Waals surface area contributed by atoms with Crippen LogP contribution in [-0.4, -0.2) is 27.8 Å². The van der Waals surface area contributed by atoms with Crippen LogP contribution in [0, 0.1) is 0 Å². The van der Waals surface area contributed by atoms with Gasteiger partial charge in [0.25, 0.3) is 0 Å². The van der Waals surface area contributed by atoms with Crippen LogP contribution in [0.3, 0.4) is 0 Å². The summed E-state index contributed by atoms with van der Waals surface area (Å²) in [4.78, 5) is 12.0. The van der Waals surface area contributed by atoms with Crippen LogP contribution in [0.25, 0.3) is 0 Å². The fourth-order valence-corrected chi connectivity index (χ4v) is 3.63. The Labute approximate surface area is 162 Å². The van der Waals surface area contributed by atoms with E-state index in [1.165, 1.54) is 18.0 Å². The Bertz CT molecular complexity index is 855. The number of aliphatic hydroxyl groups excluding tert-OH is 1. The quantitative estimate of drug-likeness (QED) is 0.805. The van der Waals surface area contributed by atoms with Gasteiger partial charge in [-0.3, -0.25) is 4.79 Å². The molecule has 7 heteroatoms. The molecule has 1 aliphatic heterocycles. The zero-order valence-electron chi connectivity index (χ0n) is 15.8. The molecular weight excluding hydrogens is 369 g/mol. The lowest BCUT2D eigenvalue weighted by Crippen LogP contribution is -2.24. The molecule has 2 aliphatic rings. The molecule has 1 N–H and O–H groups in total. The topological polar surface area (TPSA) is 52.9 Å². The van der Waals surface area contributed by atoms with E-state index in [4.69, 9.17) is 0 Å². The third-order valence-electron chi connectivity index (χ3n) is 5.26. The smallest absolute Gasteiger partial charge is 0.389 e. The lowest BCUT2D eigenvalue weighted by Gasteiger charge is -2.21. The number of halogens is 3. The van der Waals surface area contributed by atoms with E-state index >= 15 is 0 Å². The molecule has 2 atom stereocenters. The number of amides is 1. The van der Waals surface area contributed by atoms with Crippen molar-refractivity contribution in [1.29, 1.82) is 0 Å². The van der Waals surface area contributed by atoms with Crippen molar-refractivity contribution in [1.82, 2.24) is 5.01 Å². The molecule has 0 spiro atoms. The van der Waals surface area contributed by atoms with Gasteiger partial charge < -0.3 is 5.11 Å². The molecular formula is C21H23F3N2O2. The minimum Gasteiger partial charge on any atom is -0.389 e. The van der Waals surface area contributed by atoms with Crippen LogP contribution in [0.4, 0.5) is 13.2 Å². The molecule has 1 heterocycles. The number of aliphatic hydroxyl groups is 1. The summed E-state index contributed by atoms with van der Waals surface area (Å²) in [6, 6.07) is 4.46. The van der Waals surface area contributed by atoms with Gasteiger partial charge in [0, 0.05) is 13.3 Å². The van der Waals surface area contributed by atoms with Crippen molar-refractivity contribution in [2.45, 2.75) is 57.9 Å². The van der Waals surface area contributed by atoms with Crippen molar-refractivity contribution in [3.05, 3.63) is 58.7 Å². The standard InChI is InChI=1S/C21H23F3N2O2/c1-13-15(5-4-8-20(13)28)9-10-18-12-19(26(25-18)14(2)27)16-6-3-7-17(11-16)21(22,23)24/h3,6-7,9-11,19-20,28H,4-5,8,12H2,1-2H3/b10-9+. The number of allylic oxidation sites excluding steroid dienone is 3. The van der Waals surface area contributed by atoms with Gasteiger partial charge >= 0.3 is 6.18 Å². The van der Waals surface area contributed by atoms with Crippen LogP contribution in [0.5, 0.6) is 0 Å². The Morgan fingerprint density at radius 1 is 1.32 bits per heavy atom. The van der Waals surface area contributed by atoms with Gasteiger partial charge in [-0.2, -0.15) is 18.3 Å². The highest BCUT2D eigenvalue weighted by Crippen LogP contribution is 2.36. The Balaban J connectivity index is 1.84. The summed E-state index contributed by atoms with van der Waals surface area (Å²) in [6.07, 6.45) is 1.66. The first-order chi connectivity index (χ1) is 13.2. The summed E-state index contributed by atoms with van der Waals surface area (Å²) < 4.78 is 39.1. The Kier molecular flexibility index (Phi) is 5.74. The lowest BCUT2D eigenvalue weighted by molar-refractivity contribution is -0.137. The number of hydrazone groups is 1. The second-order valence-electron chi connectivity index (χ2n) is 7.25. The molecule has 1 amide bonds. The SMILES string of the molecule is CC(=O)N1N=C(/C=C/C2=C(C)C(O)CCC2)CC1c1cccc(C(F)(F)F)c1. The summed E-state index contributed by atoms with van der Waals surface area (Å²) in [5.41, 5.74) is 2.25. The molecule has 150 valence electrons. The molecule has 28 heavy (non-hydrogen) atoms. The van der Waals surface area contributed by atoms with Crippen LogP contribution in [0.15, 0.2) is 52.7 Å². The van der Waals surface area contributed by atoms with Gasteiger partial charge in [-0.15, -0.1) is 0 Å². The number of alkyl halides is 3. The van der Waals surface area contributed by atoms with Gasteiger partial charge in [-0.05, 0) is 61.1 Å². The highest BCUT2D eigenvalue weighted by atomic mass is 19.4. The molecule has 0 aromatic heterocycles. The van der Waals surface area contributed by atoms with Crippen molar-refractivity contribution in [3.63, 3.8) is 0 Å². The summed E-state index contributed by atoms with van der Waals surface area (Å²) in [6.45, 7) is 3.24. The van der Waals surface area contributed by atoms with Gasteiger partial charge in [-0.25, -0.2) is 5.01 Å². The first kappa shape index (κ1) is 20.3. The van der Waals surface area contributed by atoms with Crippen LogP contribution < -0.4 is 0 Å². The van der Waals surface area contributed by atoms with Crippen LogP contribution in [-0.2, 0) is 11.0 Å². The molecule has 0 radical (unpaired) electrons. The van der Waals surface area contributed by atoms with E-state index in [1.54, 1.807) is 12.1 Å². The molecule has 2 unspecified atom stereocenters. The Morgan fingerprint density at radius 2 is 2.07 bits per heavy atom. The van der Waals surface area contributed by atoms with Gasteiger partial charge in [-0.1, -0.05) is 18.2 Å². The number of hydrogen-bond donors (Lipinski definition) is 1. The van der Waals surface area contributed by atoms with Crippen molar-refractivity contribution >= 4 is 11.6 Å². The second-order valence-corrected chi connectivity index (χ2v) is 7.25. The maximum absolute atomic E-state index is 13.0. The monoisotopic (exact) mass is 392 g/mol. The number of carbonyl (C=O) groups is 1. The third-order valence-corrected chi connectivity index (χ3v) is 5.26. The average Bonchev–Trinajstić information content (AvgIpc) is 3.07. The van der Waals surface area contributed by atoms with E-state index in [2.05, 4.69) is 5.10 Å². The number of benzene rings is 1. The van der Waals surface area contributed by atoms with E-state index < -0.39 is 23.9 Å². The van der Waals surface area contributed by atoms with E-state index in [9.17, 15) is 23.1 Å². The Morgan fingerprint density at radius 3 is 2.75 bits per heavy atom. The van der Waals surface area contributed by atoms with Crippen molar-refractivity contribution < 1.29 is 23.1 Å². The van der Waals surface area contributed by atoms with E-state index in [0.717, 1.165) is 42.5 Å². The highest BCUT2D eigenvalue weighted by Gasteiger charge is 2.34. The number of hydrogen-bond acceptors (Lipinski definition) is 3. The number of carbonyl (C=O) groups excluding carboxylic acids is 1. The fourth-order valence-electron chi connectivity index (χ4n) is 3.63. The highest BCUT2D eigenvalue weighted by molar-refractivity contribution is 5.98. The third kappa shape index (κ3) is 4.35. The molecule has 0 bridgehead atoms. The predicted molar refractivity (Wildman–Crippen MR) is 100 cm³/mol. The van der Waals surface area contributed by atoms with Crippen LogP contribution >= 0.6 is 0 Å². The molecule has 1 aromatic rings. The number of nitrogens with zero attached hydrogens (tertiary/aromatic N) is 2. The molecule has 4 nitrogen and oxygen atoms in total. The maximum atomic E-state index is 13.0. The van der Waals surface area contributed by atoms with Gasteiger partial charge in [0.05, 0.1) is 23.4 Å². The molecule has 1 aliphatic carbocycles. The first-order valence-corrected chi connectivity index (χ1v) is 9.27. The Hall–Kier alpha value is -2.41. The molecule has 3 rings (SSSR count). The zero-order valence-corrected chi connectivity index (χ0v) is 15.8. The van der Waals surface area contributed by atoms with Gasteiger partial charge in [0.15, 0.2) is 0 Å². The fraction of sp³-hybridized carbons (Fsp3) is 0.429. The second kappa shape index (κ2) is 7.91. The molecule has 0 saturated carbocycles. The molecule has 0 saturated heterocycles. The predicted octanol–water partition coefficient (Wildman–Crippen LogP) is 4.77. The van der Waals surface area contributed by atoms with Gasteiger partial charge in [0.1, 0.15) is 0 Å². The van der Waals surface area contributed by atoms with Gasteiger partial charge in [0.2, 0.25) is 5.91 Å². The van der Waals surface area contributed by atoms with Crippen LogP contribution in [0.2, 0.25) is 0 Å². The summed E-state index contributed by atoms with van der Waals surface area (Å²) >= 11 is 0. The minimum absolute atomic E-state index is 0.325. The maximum Gasteiger partial charge on any atom is 0.416 e. The lowest BCUT2D eigenvalue weighted by atomic mass is 9.90. The average molecular weight is 392 g/mol. The van der Waals surface area contributed by atoms with Crippen LogP contribution in [0.1, 0.15) is 56.7 Å². The summed E-state index contributed by atoms with van der Waals surface area (Å²) in [5, 5.41) is 15.5. The van der Waals surface area contributed by atoms with Crippen molar-refractivity contribution in [2.75, 3.05) is 0 Å². The van der Waals surface area contributed by atoms with E-state index in [-0.39, 0.29) is 5.91 Å². The van der Waals surface area contributed by atoms with E-state index in [1.807, 2.05) is 13.0 Å². The normalized spacial score (nSPS) is 23.5.